The van der Waals surface area contributed by atoms with Crippen molar-refractivity contribution < 1.29 is 28.9 Å². The molecule has 0 bridgehead atoms. The van der Waals surface area contributed by atoms with Crippen molar-refractivity contribution in [2.75, 3.05) is 11.9 Å². The number of carbonyl (C=O) groups is 2. The number of pyridine rings is 1. The molecular formula is C23H22FN3O5. The van der Waals surface area contributed by atoms with Gasteiger partial charge in [-0.05, 0) is 67.6 Å². The van der Waals surface area contributed by atoms with Gasteiger partial charge < -0.3 is 25.6 Å². The predicted molar refractivity (Wildman–Crippen MR) is 115 cm³/mol. The Bertz CT molecular complexity index is 1070. The summed E-state index contributed by atoms with van der Waals surface area (Å²) in [6.07, 6.45) is -1.18. The molecule has 0 spiro atoms. The Morgan fingerprint density at radius 2 is 1.66 bits per heavy atom. The van der Waals surface area contributed by atoms with E-state index in [1.54, 1.807) is 42.5 Å². The topological polar surface area (TPSA) is 121 Å². The van der Waals surface area contributed by atoms with E-state index in [1.807, 2.05) is 0 Å². The molecule has 9 heteroatoms. The van der Waals surface area contributed by atoms with E-state index in [0.717, 1.165) is 5.56 Å². The van der Waals surface area contributed by atoms with Crippen LogP contribution in [0.4, 0.5) is 10.2 Å². The number of benzene rings is 2. The predicted octanol–water partition coefficient (Wildman–Crippen LogP) is 2.48. The Kier molecular flexibility index (Phi) is 7.48. The molecule has 0 aliphatic carbocycles. The molecule has 0 fully saturated rings. The second-order valence-electron chi connectivity index (χ2n) is 6.92. The minimum Gasteiger partial charge on any atom is -0.457 e. The molecule has 0 aliphatic heterocycles. The maximum atomic E-state index is 13.0. The molecule has 8 nitrogen and oxygen atoms in total. The van der Waals surface area contributed by atoms with Crippen LogP contribution in [-0.2, 0) is 9.59 Å². The lowest BCUT2D eigenvalue weighted by Gasteiger charge is -2.20. The second kappa shape index (κ2) is 10.5. The molecule has 4 N–H and O–H groups in total. The lowest BCUT2D eigenvalue weighted by atomic mass is 10.1. The van der Waals surface area contributed by atoms with Gasteiger partial charge in [-0.15, -0.1) is 0 Å². The van der Waals surface area contributed by atoms with Gasteiger partial charge in [0, 0.05) is 5.56 Å². The third kappa shape index (κ3) is 6.10. The fourth-order valence-corrected chi connectivity index (χ4v) is 2.83. The van der Waals surface area contributed by atoms with Crippen molar-refractivity contribution in [3.05, 3.63) is 72.5 Å². The van der Waals surface area contributed by atoms with Crippen LogP contribution in [0, 0.1) is 5.82 Å². The largest absolute Gasteiger partial charge is 0.457 e. The molecule has 0 radical (unpaired) electrons. The Morgan fingerprint density at radius 1 is 1.03 bits per heavy atom. The van der Waals surface area contributed by atoms with Crippen molar-refractivity contribution in [2.45, 2.75) is 19.1 Å². The number of hydrogen-bond acceptors (Lipinski definition) is 6. The number of anilines is 1. The van der Waals surface area contributed by atoms with Crippen LogP contribution in [0.1, 0.15) is 6.92 Å². The van der Waals surface area contributed by atoms with Crippen LogP contribution in [0.15, 0.2) is 66.7 Å². The van der Waals surface area contributed by atoms with Crippen molar-refractivity contribution in [1.82, 2.24) is 10.3 Å². The highest BCUT2D eigenvalue weighted by Crippen LogP contribution is 2.25. The fourth-order valence-electron chi connectivity index (χ4n) is 2.83. The molecule has 2 amide bonds. The van der Waals surface area contributed by atoms with Crippen molar-refractivity contribution in [1.29, 1.82) is 0 Å². The molecule has 2 aromatic carbocycles. The van der Waals surface area contributed by atoms with Crippen LogP contribution in [0.2, 0.25) is 0 Å². The number of ether oxygens (including phenoxy) is 1. The summed E-state index contributed by atoms with van der Waals surface area (Å²) in [5.41, 5.74) is 1.33. The van der Waals surface area contributed by atoms with Gasteiger partial charge in [0.2, 0.25) is 5.91 Å². The summed E-state index contributed by atoms with van der Waals surface area (Å²) in [4.78, 5) is 28.2. The Hall–Kier alpha value is -3.82. The second-order valence-corrected chi connectivity index (χ2v) is 6.92. The number of hydrogen-bond donors (Lipinski definition) is 4. The van der Waals surface area contributed by atoms with E-state index in [0.29, 0.717) is 17.2 Å². The summed E-state index contributed by atoms with van der Waals surface area (Å²) in [6.45, 7) is 0.548. The van der Waals surface area contributed by atoms with E-state index >= 15 is 0 Å². The Labute approximate surface area is 183 Å². The van der Waals surface area contributed by atoms with Gasteiger partial charge in [-0.25, -0.2) is 9.37 Å². The van der Waals surface area contributed by atoms with Crippen molar-refractivity contribution >= 4 is 17.6 Å². The minimum atomic E-state index is -1.25. The third-order valence-electron chi connectivity index (χ3n) is 4.42. The smallest absolute Gasteiger partial charge is 0.250 e. The van der Waals surface area contributed by atoms with Crippen LogP contribution in [0.25, 0.3) is 11.3 Å². The van der Waals surface area contributed by atoms with Gasteiger partial charge in [-0.1, -0.05) is 6.07 Å². The zero-order valence-electron chi connectivity index (χ0n) is 17.2. The fraction of sp³-hybridized carbons (Fsp3) is 0.174. The number of carbonyl (C=O) groups excluding carboxylic acids is 2. The van der Waals surface area contributed by atoms with Crippen molar-refractivity contribution in [3.8, 4) is 22.8 Å². The molecule has 1 unspecified atom stereocenters. The number of aliphatic hydroxyl groups is 2. The zero-order chi connectivity index (χ0) is 23.1. The molecule has 166 valence electrons. The van der Waals surface area contributed by atoms with Gasteiger partial charge in [-0.3, -0.25) is 9.59 Å². The molecule has 1 aromatic heterocycles. The van der Waals surface area contributed by atoms with E-state index in [-0.39, 0.29) is 11.6 Å². The molecule has 0 aliphatic rings. The number of nitrogens with one attached hydrogen (secondary N) is 2. The minimum absolute atomic E-state index is 0.225. The number of rotatable bonds is 8. The molecule has 3 rings (SSSR count). The van der Waals surface area contributed by atoms with E-state index in [4.69, 9.17) is 9.84 Å². The van der Waals surface area contributed by atoms with Crippen LogP contribution in [0.5, 0.6) is 11.5 Å². The maximum Gasteiger partial charge on any atom is 0.250 e. The molecule has 1 heterocycles. The van der Waals surface area contributed by atoms with Crippen LogP contribution >= 0.6 is 0 Å². The van der Waals surface area contributed by atoms with Gasteiger partial charge in [0.15, 0.2) is 0 Å². The van der Waals surface area contributed by atoms with Crippen LogP contribution in [0.3, 0.4) is 0 Å². The first kappa shape index (κ1) is 22.9. The number of nitrogens with zero attached hydrogens (tertiary/aromatic N) is 1. The highest BCUT2D eigenvalue weighted by molar-refractivity contribution is 5.97. The lowest BCUT2D eigenvalue weighted by molar-refractivity contribution is -0.130. The highest BCUT2D eigenvalue weighted by Gasteiger charge is 2.25. The Morgan fingerprint density at radius 3 is 2.25 bits per heavy atom. The number of halogens is 1. The average molecular weight is 439 g/mol. The van der Waals surface area contributed by atoms with Crippen LogP contribution in [-0.4, -0.2) is 45.8 Å². The van der Waals surface area contributed by atoms with Gasteiger partial charge in [0.05, 0.1) is 11.8 Å². The first-order valence-electron chi connectivity index (χ1n) is 9.76. The SMILES string of the molecule is C[C@@H](O)C(NC(=O)CO)C(=O)Nc1cccc(-c2ccc(Oc3ccc(F)cc3)cc2)n1. The normalized spacial score (nSPS) is 12.5. The first-order chi connectivity index (χ1) is 15.4. The highest BCUT2D eigenvalue weighted by atomic mass is 19.1. The summed E-state index contributed by atoms with van der Waals surface area (Å²) >= 11 is 0. The van der Waals surface area contributed by atoms with Crippen LogP contribution < -0.4 is 15.4 Å². The first-order valence-corrected chi connectivity index (χ1v) is 9.76. The molecule has 3 aromatic rings. The zero-order valence-corrected chi connectivity index (χ0v) is 17.2. The van der Waals surface area contributed by atoms with Gasteiger partial charge in [0.1, 0.15) is 35.8 Å². The molecule has 32 heavy (non-hydrogen) atoms. The van der Waals surface area contributed by atoms with E-state index in [1.165, 1.54) is 31.2 Å². The van der Waals surface area contributed by atoms with Crippen molar-refractivity contribution in [2.24, 2.45) is 0 Å². The lowest BCUT2D eigenvalue weighted by Crippen LogP contribution is -2.51. The average Bonchev–Trinajstić information content (AvgIpc) is 2.79. The summed E-state index contributed by atoms with van der Waals surface area (Å²) in [7, 11) is 0. The van der Waals surface area contributed by atoms with Crippen molar-refractivity contribution in [3.63, 3.8) is 0 Å². The molecule has 0 saturated carbocycles. The maximum absolute atomic E-state index is 13.0. The monoisotopic (exact) mass is 439 g/mol. The van der Waals surface area contributed by atoms with E-state index in [9.17, 15) is 19.1 Å². The molecule has 2 atom stereocenters. The summed E-state index contributed by atoms with van der Waals surface area (Å²) in [6, 6.07) is 16.5. The summed E-state index contributed by atoms with van der Waals surface area (Å²) in [5, 5.41) is 23.4. The third-order valence-corrected chi connectivity index (χ3v) is 4.42. The summed E-state index contributed by atoms with van der Waals surface area (Å²) < 4.78 is 18.7. The van der Waals surface area contributed by atoms with Gasteiger partial charge >= 0.3 is 0 Å². The summed E-state index contributed by atoms with van der Waals surface area (Å²) in [5.74, 6) is -0.512. The Balaban J connectivity index is 1.70. The van der Waals surface area contributed by atoms with Gasteiger partial charge in [-0.2, -0.15) is 0 Å². The molecule has 0 saturated heterocycles. The van der Waals surface area contributed by atoms with Gasteiger partial charge in [0.25, 0.3) is 5.91 Å². The number of amides is 2. The quantitative estimate of drug-likeness (QED) is 0.428. The number of aromatic nitrogens is 1. The standard InChI is InChI=1S/C23H22FN3O5/c1-14(29)22(27-21(30)13-28)23(31)26-20-4-2-3-19(25-20)15-5-9-17(10-6-15)32-18-11-7-16(24)8-12-18/h2-12,14,22,28-29H,13H2,1H3,(H,27,30)(H,25,26,31)/t14-,22?/m1/s1. The van der Waals surface area contributed by atoms with E-state index < -0.39 is 30.6 Å². The van der Waals surface area contributed by atoms with E-state index in [2.05, 4.69) is 15.6 Å². The number of aliphatic hydroxyl groups excluding tert-OH is 2. The molecular weight excluding hydrogens is 417 g/mol.